The van der Waals surface area contributed by atoms with E-state index in [1.807, 2.05) is 24.3 Å². The lowest BCUT2D eigenvalue weighted by atomic mass is 10.1. The van der Waals surface area contributed by atoms with Crippen molar-refractivity contribution < 1.29 is 9.53 Å². The number of carbonyl (C=O) groups excluding carboxylic acids is 1. The van der Waals surface area contributed by atoms with Gasteiger partial charge in [0.05, 0.1) is 18.7 Å². The van der Waals surface area contributed by atoms with E-state index in [1.54, 1.807) is 0 Å². The van der Waals surface area contributed by atoms with Crippen LogP contribution in [-0.4, -0.2) is 25.0 Å². The highest BCUT2D eigenvalue weighted by Crippen LogP contribution is 2.20. The van der Waals surface area contributed by atoms with E-state index in [1.165, 1.54) is 25.7 Å². The first-order chi connectivity index (χ1) is 9.31. The van der Waals surface area contributed by atoms with E-state index in [-0.39, 0.29) is 5.78 Å². The molecule has 0 radical (unpaired) electrons. The van der Waals surface area contributed by atoms with Crippen LogP contribution in [-0.2, 0) is 0 Å². The maximum atomic E-state index is 12.2. The zero-order chi connectivity index (χ0) is 13.5. The second-order valence-corrected chi connectivity index (χ2v) is 5.13. The van der Waals surface area contributed by atoms with Crippen molar-refractivity contribution in [2.75, 3.05) is 13.2 Å². The number of benzene rings is 1. The molecule has 0 heterocycles. The van der Waals surface area contributed by atoms with Crippen molar-refractivity contribution in [2.45, 2.75) is 45.1 Å². The third kappa shape index (κ3) is 4.06. The van der Waals surface area contributed by atoms with Crippen LogP contribution in [0.2, 0.25) is 0 Å². The Kier molecular flexibility index (Phi) is 5.40. The van der Waals surface area contributed by atoms with Gasteiger partial charge in [-0.25, -0.2) is 0 Å². The van der Waals surface area contributed by atoms with E-state index in [0.29, 0.717) is 30.5 Å². The molecule has 1 saturated carbocycles. The standard InChI is InChI=1S/C16H23NO2/c1-2-11-19-16-10-6-5-9-14(16)15(18)12-17-13-7-3-4-8-13/h5-6,9-10,13,17H,2-4,7-8,11-12H2,1H3. The summed E-state index contributed by atoms with van der Waals surface area (Å²) in [5, 5.41) is 3.36. The first kappa shape index (κ1) is 14.1. The molecule has 0 aromatic heterocycles. The second-order valence-electron chi connectivity index (χ2n) is 5.13. The molecular weight excluding hydrogens is 238 g/mol. The Morgan fingerprint density at radius 2 is 2.05 bits per heavy atom. The van der Waals surface area contributed by atoms with Crippen molar-refractivity contribution in [1.82, 2.24) is 5.32 Å². The molecule has 2 rings (SSSR count). The number of nitrogens with one attached hydrogen (secondary N) is 1. The summed E-state index contributed by atoms with van der Waals surface area (Å²) in [6.07, 6.45) is 5.90. The van der Waals surface area contributed by atoms with Gasteiger partial charge in [0.15, 0.2) is 5.78 Å². The van der Waals surface area contributed by atoms with Crippen molar-refractivity contribution in [2.24, 2.45) is 0 Å². The molecular formula is C16H23NO2. The highest BCUT2D eigenvalue weighted by molar-refractivity contribution is 6.00. The van der Waals surface area contributed by atoms with E-state index in [4.69, 9.17) is 4.74 Å². The fraction of sp³-hybridized carbons (Fsp3) is 0.562. The van der Waals surface area contributed by atoms with Gasteiger partial charge in [0, 0.05) is 6.04 Å². The summed E-state index contributed by atoms with van der Waals surface area (Å²) in [5.74, 6) is 0.834. The Bertz CT molecular complexity index is 411. The van der Waals surface area contributed by atoms with Gasteiger partial charge >= 0.3 is 0 Å². The lowest BCUT2D eigenvalue weighted by Crippen LogP contribution is -2.31. The van der Waals surface area contributed by atoms with Crippen molar-refractivity contribution in [1.29, 1.82) is 0 Å². The Hall–Kier alpha value is -1.35. The molecule has 1 aromatic carbocycles. The molecule has 0 unspecified atom stereocenters. The van der Waals surface area contributed by atoms with E-state index in [2.05, 4.69) is 12.2 Å². The summed E-state index contributed by atoms with van der Waals surface area (Å²) in [6.45, 7) is 3.13. The summed E-state index contributed by atoms with van der Waals surface area (Å²) >= 11 is 0. The predicted octanol–water partition coefficient (Wildman–Crippen LogP) is 3.19. The summed E-state index contributed by atoms with van der Waals surface area (Å²) in [5.41, 5.74) is 0.696. The molecule has 0 amide bonds. The Labute approximate surface area is 115 Å². The normalized spacial score (nSPS) is 15.6. The number of carbonyl (C=O) groups is 1. The molecule has 0 atom stereocenters. The minimum absolute atomic E-state index is 0.124. The van der Waals surface area contributed by atoms with E-state index in [9.17, 15) is 4.79 Å². The monoisotopic (exact) mass is 261 g/mol. The van der Waals surface area contributed by atoms with Crippen molar-refractivity contribution in [3.8, 4) is 5.75 Å². The molecule has 3 heteroatoms. The van der Waals surface area contributed by atoms with Crippen LogP contribution in [0.4, 0.5) is 0 Å². The molecule has 0 aliphatic heterocycles. The van der Waals surface area contributed by atoms with Crippen molar-refractivity contribution >= 4 is 5.78 Å². The van der Waals surface area contributed by atoms with Gasteiger partial charge in [0.1, 0.15) is 5.75 Å². The van der Waals surface area contributed by atoms with Gasteiger partial charge in [-0.1, -0.05) is 31.9 Å². The van der Waals surface area contributed by atoms with Crippen LogP contribution in [0.1, 0.15) is 49.4 Å². The summed E-state index contributed by atoms with van der Waals surface area (Å²) in [6, 6.07) is 8.04. The zero-order valence-electron chi connectivity index (χ0n) is 11.7. The molecule has 1 aliphatic carbocycles. The fourth-order valence-corrected chi connectivity index (χ4v) is 2.50. The van der Waals surface area contributed by atoms with Gasteiger partial charge in [-0.3, -0.25) is 4.79 Å². The molecule has 1 N–H and O–H groups in total. The second kappa shape index (κ2) is 7.29. The largest absolute Gasteiger partial charge is 0.493 e. The van der Waals surface area contributed by atoms with Crippen molar-refractivity contribution in [3.63, 3.8) is 0 Å². The first-order valence-electron chi connectivity index (χ1n) is 7.29. The van der Waals surface area contributed by atoms with Crippen LogP contribution in [0, 0.1) is 0 Å². The smallest absolute Gasteiger partial charge is 0.180 e. The Balaban J connectivity index is 1.93. The molecule has 1 aromatic rings. The van der Waals surface area contributed by atoms with Crippen LogP contribution in [0.5, 0.6) is 5.75 Å². The molecule has 0 saturated heterocycles. The molecule has 0 spiro atoms. The highest BCUT2D eigenvalue weighted by Gasteiger charge is 2.17. The van der Waals surface area contributed by atoms with Gasteiger partial charge in [-0.05, 0) is 31.4 Å². The molecule has 3 nitrogen and oxygen atoms in total. The predicted molar refractivity (Wildman–Crippen MR) is 76.8 cm³/mol. The number of para-hydroxylation sites is 1. The molecule has 0 bridgehead atoms. The number of hydrogen-bond acceptors (Lipinski definition) is 3. The minimum atomic E-state index is 0.124. The number of ether oxygens (including phenoxy) is 1. The molecule has 1 fully saturated rings. The van der Waals surface area contributed by atoms with E-state index in [0.717, 1.165) is 6.42 Å². The average molecular weight is 261 g/mol. The van der Waals surface area contributed by atoms with Gasteiger partial charge in [-0.2, -0.15) is 0 Å². The number of ketones is 1. The van der Waals surface area contributed by atoms with Gasteiger partial charge in [0.2, 0.25) is 0 Å². The minimum Gasteiger partial charge on any atom is -0.493 e. The maximum absolute atomic E-state index is 12.2. The third-order valence-corrected chi connectivity index (χ3v) is 3.56. The van der Waals surface area contributed by atoms with E-state index < -0.39 is 0 Å². The summed E-state index contributed by atoms with van der Waals surface area (Å²) in [7, 11) is 0. The molecule has 1 aliphatic rings. The first-order valence-corrected chi connectivity index (χ1v) is 7.29. The lowest BCUT2D eigenvalue weighted by Gasteiger charge is -2.13. The fourth-order valence-electron chi connectivity index (χ4n) is 2.50. The SMILES string of the molecule is CCCOc1ccccc1C(=O)CNC1CCCC1. The average Bonchev–Trinajstić information content (AvgIpc) is 2.96. The zero-order valence-corrected chi connectivity index (χ0v) is 11.7. The van der Waals surface area contributed by atoms with Gasteiger partial charge in [0.25, 0.3) is 0 Å². The van der Waals surface area contributed by atoms with Gasteiger partial charge in [-0.15, -0.1) is 0 Å². The molecule has 104 valence electrons. The highest BCUT2D eigenvalue weighted by atomic mass is 16.5. The van der Waals surface area contributed by atoms with Crippen LogP contribution >= 0.6 is 0 Å². The summed E-state index contributed by atoms with van der Waals surface area (Å²) in [4.78, 5) is 12.2. The quantitative estimate of drug-likeness (QED) is 0.766. The third-order valence-electron chi connectivity index (χ3n) is 3.56. The lowest BCUT2D eigenvalue weighted by molar-refractivity contribution is 0.0983. The topological polar surface area (TPSA) is 38.3 Å². The van der Waals surface area contributed by atoms with Crippen LogP contribution in [0.3, 0.4) is 0 Å². The van der Waals surface area contributed by atoms with Crippen LogP contribution in [0.25, 0.3) is 0 Å². The number of rotatable bonds is 7. The van der Waals surface area contributed by atoms with Crippen molar-refractivity contribution in [3.05, 3.63) is 29.8 Å². The molecule has 19 heavy (non-hydrogen) atoms. The van der Waals surface area contributed by atoms with E-state index >= 15 is 0 Å². The number of hydrogen-bond donors (Lipinski definition) is 1. The van der Waals surface area contributed by atoms with Crippen LogP contribution in [0.15, 0.2) is 24.3 Å². The number of Topliss-reactive ketones (excluding diaryl/α,β-unsaturated/α-hetero) is 1. The summed E-state index contributed by atoms with van der Waals surface area (Å²) < 4.78 is 5.63. The Morgan fingerprint density at radius 3 is 2.79 bits per heavy atom. The van der Waals surface area contributed by atoms with Crippen LogP contribution < -0.4 is 10.1 Å². The Morgan fingerprint density at radius 1 is 1.32 bits per heavy atom. The maximum Gasteiger partial charge on any atom is 0.180 e. The van der Waals surface area contributed by atoms with Gasteiger partial charge < -0.3 is 10.1 Å².